The van der Waals surface area contributed by atoms with Crippen LogP contribution in [0.1, 0.15) is 0 Å². The van der Waals surface area contributed by atoms with Crippen LogP contribution in [0.15, 0.2) is 364 Å². The van der Waals surface area contributed by atoms with Gasteiger partial charge in [0.15, 0.2) is 11.6 Å². The lowest BCUT2D eigenvalue weighted by Crippen LogP contribution is -2.05. The Hall–Kier alpha value is -14.6. The second-order valence-electron chi connectivity index (χ2n) is 28.4. The predicted molar refractivity (Wildman–Crippen MR) is 450 cm³/mol. The summed E-state index contributed by atoms with van der Waals surface area (Å²) in [4.78, 5) is 23.3. The lowest BCUT2D eigenvalue weighted by Gasteiger charge is -2.16. The van der Waals surface area contributed by atoms with Gasteiger partial charge in [0.1, 0.15) is 11.4 Å². The van der Waals surface area contributed by atoms with Crippen LogP contribution in [-0.2, 0) is 0 Å². The molecule has 6 aromatic heterocycles. The van der Waals surface area contributed by atoms with Gasteiger partial charge in [0.25, 0.3) is 0 Å². The van der Waals surface area contributed by atoms with E-state index in [4.69, 9.17) is 19.9 Å². The van der Waals surface area contributed by atoms with Crippen molar-refractivity contribution in [2.45, 2.75) is 0 Å². The van der Waals surface area contributed by atoms with Crippen LogP contribution >= 0.6 is 0 Å². The SMILES string of the molecule is c1ccc(-c2ccc(-c3nc4ccccc4nc3-n3c4cc(-n5c6ccccc6c6ccccc65)ccc4c4c5cc(-c6cccc7nc(-n8c9cc(-n%10c%11ccccc%11c%11c%12ccccc%12ccc%11%10)ccc9c9c%10ccccc%10ccc98)c(-c8ccc(-c9ccccc9)cc8)nc67)ccc5ccc43)cc2)cc1. The highest BCUT2D eigenvalue weighted by Crippen LogP contribution is 2.47. The summed E-state index contributed by atoms with van der Waals surface area (Å²) in [5.41, 5.74) is 24.0. The van der Waals surface area contributed by atoms with Crippen molar-refractivity contribution < 1.29 is 0 Å². The van der Waals surface area contributed by atoms with Crippen molar-refractivity contribution in [3.63, 3.8) is 0 Å². The molecule has 23 rings (SSSR count). The van der Waals surface area contributed by atoms with E-state index in [0.29, 0.717) is 0 Å². The molecule has 8 nitrogen and oxygen atoms in total. The van der Waals surface area contributed by atoms with Gasteiger partial charge in [-0.15, -0.1) is 0 Å². The number of para-hydroxylation sites is 6. The zero-order chi connectivity index (χ0) is 70.7. The third kappa shape index (κ3) is 9.04. The van der Waals surface area contributed by atoms with Crippen molar-refractivity contribution in [2.75, 3.05) is 0 Å². The van der Waals surface area contributed by atoms with Gasteiger partial charge in [-0.2, -0.15) is 0 Å². The molecule has 108 heavy (non-hydrogen) atoms. The van der Waals surface area contributed by atoms with E-state index in [1.165, 1.54) is 43.1 Å². The zero-order valence-corrected chi connectivity index (χ0v) is 58.2. The Morgan fingerprint density at radius 2 is 0.556 bits per heavy atom. The molecule has 0 unspecified atom stereocenters. The lowest BCUT2D eigenvalue weighted by molar-refractivity contribution is 1.08. The van der Waals surface area contributed by atoms with Crippen molar-refractivity contribution in [3.8, 4) is 78.9 Å². The van der Waals surface area contributed by atoms with Gasteiger partial charge in [-0.25, -0.2) is 19.9 Å². The molecule has 0 fully saturated rings. The first-order valence-corrected chi connectivity index (χ1v) is 36.8. The summed E-state index contributed by atoms with van der Waals surface area (Å²) in [7, 11) is 0. The van der Waals surface area contributed by atoms with Gasteiger partial charge in [-0.1, -0.05) is 279 Å². The molecule has 500 valence electrons. The Morgan fingerprint density at radius 1 is 0.185 bits per heavy atom. The number of hydrogen-bond donors (Lipinski definition) is 0. The topological polar surface area (TPSA) is 71.3 Å². The van der Waals surface area contributed by atoms with Gasteiger partial charge >= 0.3 is 0 Å². The molecule has 0 radical (unpaired) electrons. The Bertz CT molecular complexity index is 7660. The highest BCUT2D eigenvalue weighted by atomic mass is 15.1. The Morgan fingerprint density at radius 3 is 1.11 bits per heavy atom. The fourth-order valence-corrected chi connectivity index (χ4v) is 17.6. The molecule has 0 aliphatic carbocycles. The lowest BCUT2D eigenvalue weighted by atomic mass is 9.97. The molecule has 0 amide bonds. The second kappa shape index (κ2) is 23.5. The molecule has 0 aliphatic heterocycles. The number of hydrogen-bond acceptors (Lipinski definition) is 4. The molecule has 0 saturated heterocycles. The van der Waals surface area contributed by atoms with E-state index < -0.39 is 0 Å². The van der Waals surface area contributed by atoms with E-state index in [0.717, 1.165) is 177 Å². The summed E-state index contributed by atoms with van der Waals surface area (Å²) in [6.07, 6.45) is 0. The smallest absolute Gasteiger partial charge is 0.165 e. The summed E-state index contributed by atoms with van der Waals surface area (Å²) in [5.74, 6) is 1.48. The number of rotatable bonds is 9. The van der Waals surface area contributed by atoms with Crippen molar-refractivity contribution in [2.24, 2.45) is 0 Å². The number of fused-ring (bicyclic) bond motifs is 20. The van der Waals surface area contributed by atoms with E-state index in [-0.39, 0.29) is 0 Å². The standard InChI is InChI=1S/C100H60N8/c1-3-20-61(21-4-1)63-38-43-68(44-39-63)96-99(102-83-33-15-14-32-82(83)101-96)108-90-57-50-67-42-47-70(58-81(67)95(90)80-54-51-71(59-92(80)108)105-85-35-16-11-28-76(85)77-29-12-17-36-86(77)105)75-31-19-34-84-98(75)104-97(69-45-40-64(41-46-69)62-22-5-2-6-23-62)100(103-84)107-89-56-49-66-25-8-10-27-74(66)94(89)79-53-52-72(60-91(79)107)106-87-37-18-13-30-78(87)93-73-26-9-7-24-65(73)48-55-88(93)106/h1-60H. The van der Waals surface area contributed by atoms with Crippen LogP contribution in [0.5, 0.6) is 0 Å². The highest BCUT2D eigenvalue weighted by Gasteiger charge is 2.27. The summed E-state index contributed by atoms with van der Waals surface area (Å²) in [5, 5.41) is 16.4. The first kappa shape index (κ1) is 59.9. The molecule has 0 saturated carbocycles. The fraction of sp³-hybridized carbons (Fsp3) is 0. The van der Waals surface area contributed by atoms with Crippen molar-refractivity contribution in [3.05, 3.63) is 364 Å². The van der Waals surface area contributed by atoms with Crippen LogP contribution in [0.25, 0.3) is 221 Å². The number of nitrogens with zero attached hydrogens (tertiary/aromatic N) is 8. The van der Waals surface area contributed by atoms with E-state index >= 15 is 0 Å². The molecule has 17 aromatic carbocycles. The highest BCUT2D eigenvalue weighted by molar-refractivity contribution is 6.25. The fourth-order valence-electron chi connectivity index (χ4n) is 17.6. The molecule has 0 aliphatic rings. The molecule has 0 spiro atoms. The molecule has 6 heterocycles. The molecule has 0 atom stereocenters. The van der Waals surface area contributed by atoms with Crippen LogP contribution in [0, 0.1) is 0 Å². The maximum atomic E-state index is 6.03. The van der Waals surface area contributed by atoms with Crippen LogP contribution in [0.2, 0.25) is 0 Å². The van der Waals surface area contributed by atoms with Crippen molar-refractivity contribution >= 4 is 142 Å². The summed E-state index contributed by atoms with van der Waals surface area (Å²) >= 11 is 0. The average Bonchev–Trinajstić information content (AvgIpc) is 1.51. The monoisotopic (exact) mass is 1370 g/mol. The molecule has 8 heteroatoms. The van der Waals surface area contributed by atoms with Gasteiger partial charge < -0.3 is 9.13 Å². The minimum absolute atomic E-state index is 0.740. The zero-order valence-electron chi connectivity index (χ0n) is 58.2. The predicted octanol–water partition coefficient (Wildman–Crippen LogP) is 25.8. The van der Waals surface area contributed by atoms with E-state index in [1.807, 2.05) is 6.07 Å². The van der Waals surface area contributed by atoms with Crippen LogP contribution in [-0.4, -0.2) is 38.2 Å². The molecule has 23 aromatic rings. The molecule has 0 bridgehead atoms. The normalized spacial score (nSPS) is 12.1. The maximum Gasteiger partial charge on any atom is 0.165 e. The molecule has 0 N–H and O–H groups in total. The largest absolute Gasteiger partial charge is 0.309 e. The van der Waals surface area contributed by atoms with Gasteiger partial charge in [0, 0.05) is 71.2 Å². The Labute approximate surface area is 618 Å². The van der Waals surface area contributed by atoms with E-state index in [1.54, 1.807) is 0 Å². The first-order chi connectivity index (χ1) is 53.6. The second-order valence-corrected chi connectivity index (χ2v) is 28.4. The van der Waals surface area contributed by atoms with Crippen LogP contribution < -0.4 is 0 Å². The van der Waals surface area contributed by atoms with Crippen LogP contribution in [0.3, 0.4) is 0 Å². The third-order valence-corrected chi connectivity index (χ3v) is 22.5. The molecular formula is C100H60N8. The van der Waals surface area contributed by atoms with Crippen LogP contribution in [0.4, 0.5) is 0 Å². The van der Waals surface area contributed by atoms with Crippen molar-refractivity contribution in [1.29, 1.82) is 0 Å². The summed E-state index contributed by atoms with van der Waals surface area (Å²) < 4.78 is 9.62. The maximum absolute atomic E-state index is 6.03. The van der Waals surface area contributed by atoms with Crippen molar-refractivity contribution in [1.82, 2.24) is 38.2 Å². The molecular weight excluding hydrogens is 1310 g/mol. The average molecular weight is 1370 g/mol. The summed E-state index contributed by atoms with van der Waals surface area (Å²) in [6, 6.07) is 132. The summed E-state index contributed by atoms with van der Waals surface area (Å²) in [6.45, 7) is 0. The Kier molecular flexibility index (Phi) is 13.0. The van der Waals surface area contributed by atoms with Gasteiger partial charge in [0.2, 0.25) is 0 Å². The van der Waals surface area contributed by atoms with E-state index in [2.05, 4.69) is 376 Å². The van der Waals surface area contributed by atoms with Gasteiger partial charge in [-0.05, 0) is 145 Å². The van der Waals surface area contributed by atoms with Gasteiger partial charge in [0.05, 0.1) is 66.2 Å². The minimum atomic E-state index is 0.740. The quantitative estimate of drug-likeness (QED) is 0.144. The van der Waals surface area contributed by atoms with E-state index in [9.17, 15) is 0 Å². The minimum Gasteiger partial charge on any atom is -0.309 e. The van der Waals surface area contributed by atoms with Gasteiger partial charge in [-0.3, -0.25) is 9.13 Å². The number of aromatic nitrogens is 8. The Balaban J connectivity index is 0.768. The first-order valence-electron chi connectivity index (χ1n) is 36.8. The number of benzene rings is 17. The third-order valence-electron chi connectivity index (χ3n) is 22.5.